The number of rotatable bonds is 4. The zero-order valence-corrected chi connectivity index (χ0v) is 15.0. The molecule has 1 aliphatic carbocycles. The number of phenolic OH excluding ortho intramolecular Hbond substituents is 1. The molecule has 6 heteroatoms. The van der Waals surface area contributed by atoms with Crippen LogP contribution in [0.4, 0.5) is 5.69 Å². The molecule has 1 heterocycles. The number of aromatic hydroxyl groups is 1. The molecule has 0 bridgehead atoms. The molecule has 28 heavy (non-hydrogen) atoms. The van der Waals surface area contributed by atoms with Gasteiger partial charge in [-0.3, -0.25) is 4.79 Å². The van der Waals surface area contributed by atoms with Crippen LogP contribution in [0.2, 0.25) is 0 Å². The standard InChI is InChI=1S/C22H17NO5/c1-2-23-12-3-6-15(18(9-12)22(26)27)21-16-7-4-13(24)10-19(16)28-20-11-14(25)5-8-17(20)21/h3-11,23-24H,2H2,1H3,(H,26,27). The molecule has 0 radical (unpaired) electrons. The van der Waals surface area contributed by atoms with Crippen molar-refractivity contribution in [3.63, 3.8) is 0 Å². The van der Waals surface area contributed by atoms with E-state index in [1.165, 1.54) is 24.3 Å². The smallest absolute Gasteiger partial charge is 0.336 e. The van der Waals surface area contributed by atoms with Crippen LogP contribution in [0.5, 0.6) is 5.75 Å². The van der Waals surface area contributed by atoms with Crippen LogP contribution in [-0.2, 0) is 0 Å². The Labute approximate surface area is 160 Å². The number of benzene rings is 3. The van der Waals surface area contributed by atoms with Crippen LogP contribution in [0, 0.1) is 0 Å². The highest BCUT2D eigenvalue weighted by Gasteiger charge is 2.22. The predicted molar refractivity (Wildman–Crippen MR) is 107 cm³/mol. The van der Waals surface area contributed by atoms with E-state index in [0.29, 0.717) is 45.7 Å². The van der Waals surface area contributed by atoms with E-state index in [0.717, 1.165) is 0 Å². The van der Waals surface area contributed by atoms with Crippen molar-refractivity contribution in [2.24, 2.45) is 0 Å². The molecule has 2 aromatic carbocycles. The molecule has 140 valence electrons. The van der Waals surface area contributed by atoms with Gasteiger partial charge in [0.25, 0.3) is 0 Å². The van der Waals surface area contributed by atoms with Crippen molar-refractivity contribution in [1.29, 1.82) is 0 Å². The molecule has 4 rings (SSSR count). The Hall–Kier alpha value is -3.80. The number of carbonyl (C=O) groups is 1. The minimum absolute atomic E-state index is 0.0146. The van der Waals surface area contributed by atoms with Gasteiger partial charge in [-0.1, -0.05) is 6.07 Å². The third-order valence-corrected chi connectivity index (χ3v) is 4.58. The second kappa shape index (κ2) is 6.74. The molecule has 3 N–H and O–H groups in total. The van der Waals surface area contributed by atoms with E-state index in [1.807, 2.05) is 13.0 Å². The lowest BCUT2D eigenvalue weighted by atomic mass is 9.90. The van der Waals surface area contributed by atoms with Crippen LogP contribution in [0.15, 0.2) is 63.8 Å². The molecule has 0 aromatic heterocycles. The molecule has 2 aromatic rings. The van der Waals surface area contributed by atoms with Crippen LogP contribution in [0.3, 0.4) is 0 Å². The van der Waals surface area contributed by atoms with Gasteiger partial charge in [0.05, 0.1) is 5.56 Å². The van der Waals surface area contributed by atoms with Crippen LogP contribution in [0.25, 0.3) is 33.4 Å². The highest BCUT2D eigenvalue weighted by Crippen LogP contribution is 2.42. The molecular weight excluding hydrogens is 358 g/mol. The number of hydrogen-bond donors (Lipinski definition) is 3. The average Bonchev–Trinajstić information content (AvgIpc) is 2.66. The zero-order chi connectivity index (χ0) is 19.8. The Kier molecular flexibility index (Phi) is 4.24. The number of hydrogen-bond acceptors (Lipinski definition) is 5. The highest BCUT2D eigenvalue weighted by atomic mass is 16.4. The maximum atomic E-state index is 12.0. The lowest BCUT2D eigenvalue weighted by Crippen LogP contribution is -2.05. The van der Waals surface area contributed by atoms with E-state index in [1.54, 1.807) is 24.3 Å². The van der Waals surface area contributed by atoms with Gasteiger partial charge in [-0.15, -0.1) is 0 Å². The van der Waals surface area contributed by atoms with Gasteiger partial charge in [0.2, 0.25) is 0 Å². The molecule has 6 nitrogen and oxygen atoms in total. The molecule has 0 saturated carbocycles. The number of carboxylic acids is 1. The number of aromatic carboxylic acids is 1. The predicted octanol–water partition coefficient (Wildman–Crippen LogP) is 4.40. The summed E-state index contributed by atoms with van der Waals surface area (Å²) in [6, 6.07) is 14.2. The minimum Gasteiger partial charge on any atom is -0.508 e. The van der Waals surface area contributed by atoms with E-state index < -0.39 is 5.97 Å². The van der Waals surface area contributed by atoms with Crippen molar-refractivity contribution in [2.75, 3.05) is 11.9 Å². The van der Waals surface area contributed by atoms with Gasteiger partial charge in [-0.2, -0.15) is 0 Å². The molecule has 0 atom stereocenters. The number of carboxylic acid groups (broad SMARTS) is 1. The number of phenols is 1. The van der Waals surface area contributed by atoms with Crippen molar-refractivity contribution >= 4 is 22.6 Å². The zero-order valence-electron chi connectivity index (χ0n) is 15.0. The van der Waals surface area contributed by atoms with Crippen LogP contribution >= 0.6 is 0 Å². The van der Waals surface area contributed by atoms with Crippen molar-refractivity contribution in [1.82, 2.24) is 0 Å². The molecule has 1 aliphatic heterocycles. The third kappa shape index (κ3) is 2.95. The van der Waals surface area contributed by atoms with E-state index in [4.69, 9.17) is 4.42 Å². The van der Waals surface area contributed by atoms with Crippen LogP contribution in [0.1, 0.15) is 17.3 Å². The normalized spacial score (nSPS) is 11.0. The summed E-state index contributed by atoms with van der Waals surface area (Å²) in [5.74, 6) is -0.718. The van der Waals surface area contributed by atoms with Crippen molar-refractivity contribution in [2.45, 2.75) is 6.92 Å². The van der Waals surface area contributed by atoms with Gasteiger partial charge in [0.15, 0.2) is 5.43 Å². The SMILES string of the molecule is CCNc1ccc(-c2c3ccc(=O)cc-3oc3cc(O)ccc23)c(C(=O)O)c1. The summed E-state index contributed by atoms with van der Waals surface area (Å²) < 4.78 is 5.81. The second-order valence-electron chi connectivity index (χ2n) is 6.41. The average molecular weight is 375 g/mol. The summed E-state index contributed by atoms with van der Waals surface area (Å²) in [4.78, 5) is 23.8. The first-order chi connectivity index (χ1) is 13.5. The summed E-state index contributed by atoms with van der Waals surface area (Å²) in [7, 11) is 0. The summed E-state index contributed by atoms with van der Waals surface area (Å²) in [5, 5.41) is 23.4. The fourth-order valence-electron chi connectivity index (χ4n) is 3.40. The molecule has 0 fully saturated rings. The maximum absolute atomic E-state index is 12.0. The Balaban J connectivity index is 2.13. The van der Waals surface area contributed by atoms with E-state index >= 15 is 0 Å². The van der Waals surface area contributed by atoms with Crippen molar-refractivity contribution < 1.29 is 19.4 Å². The fourth-order valence-corrected chi connectivity index (χ4v) is 3.40. The maximum Gasteiger partial charge on any atom is 0.336 e. The highest BCUT2D eigenvalue weighted by molar-refractivity contribution is 6.08. The largest absolute Gasteiger partial charge is 0.508 e. The number of fused-ring (bicyclic) bond motifs is 2. The molecule has 0 amide bonds. The van der Waals surface area contributed by atoms with Crippen molar-refractivity contribution in [3.8, 4) is 28.2 Å². The van der Waals surface area contributed by atoms with E-state index in [9.17, 15) is 19.8 Å². The van der Waals surface area contributed by atoms with Gasteiger partial charge in [-0.25, -0.2) is 4.79 Å². The summed E-state index contributed by atoms with van der Waals surface area (Å²) in [6.07, 6.45) is 0. The van der Waals surface area contributed by atoms with Gasteiger partial charge in [0, 0.05) is 40.9 Å². The lowest BCUT2D eigenvalue weighted by molar-refractivity contribution is 0.0698. The van der Waals surface area contributed by atoms with Crippen molar-refractivity contribution in [3.05, 3.63) is 70.4 Å². The monoisotopic (exact) mass is 375 g/mol. The van der Waals surface area contributed by atoms with Gasteiger partial charge in [-0.05, 0) is 48.9 Å². The first-order valence-corrected chi connectivity index (χ1v) is 8.79. The van der Waals surface area contributed by atoms with Crippen LogP contribution < -0.4 is 10.7 Å². The van der Waals surface area contributed by atoms with E-state index in [-0.39, 0.29) is 16.7 Å². The fraction of sp³-hybridized carbons (Fsp3) is 0.0909. The van der Waals surface area contributed by atoms with Crippen LogP contribution in [-0.4, -0.2) is 22.7 Å². The Morgan fingerprint density at radius 3 is 2.57 bits per heavy atom. The third-order valence-electron chi connectivity index (χ3n) is 4.58. The first-order valence-electron chi connectivity index (χ1n) is 8.79. The van der Waals surface area contributed by atoms with Gasteiger partial charge < -0.3 is 19.9 Å². The summed E-state index contributed by atoms with van der Waals surface area (Å²) >= 11 is 0. The summed E-state index contributed by atoms with van der Waals surface area (Å²) in [6.45, 7) is 2.60. The Bertz CT molecular complexity index is 1240. The Morgan fingerprint density at radius 1 is 1.04 bits per heavy atom. The molecule has 2 aliphatic rings. The molecule has 0 unspecified atom stereocenters. The first kappa shape index (κ1) is 17.6. The topological polar surface area (TPSA) is 99.8 Å². The summed E-state index contributed by atoms with van der Waals surface area (Å²) in [5.41, 5.74) is 2.74. The minimum atomic E-state index is -1.06. The molecule has 0 saturated heterocycles. The number of nitrogens with one attached hydrogen (secondary N) is 1. The molecule has 0 spiro atoms. The molecular formula is C22H17NO5. The van der Waals surface area contributed by atoms with Gasteiger partial charge >= 0.3 is 5.97 Å². The lowest BCUT2D eigenvalue weighted by Gasteiger charge is -2.17. The number of anilines is 1. The van der Waals surface area contributed by atoms with E-state index in [2.05, 4.69) is 5.32 Å². The van der Waals surface area contributed by atoms with Gasteiger partial charge in [0.1, 0.15) is 17.1 Å². The second-order valence-corrected chi connectivity index (χ2v) is 6.41. The Morgan fingerprint density at radius 2 is 1.82 bits per heavy atom. The quantitative estimate of drug-likeness (QED) is 0.457.